The van der Waals surface area contributed by atoms with Crippen molar-refractivity contribution in [3.05, 3.63) is 24.0 Å². The predicted octanol–water partition coefficient (Wildman–Crippen LogP) is 4.49. The summed E-state index contributed by atoms with van der Waals surface area (Å²) in [7, 11) is 0. The van der Waals surface area contributed by atoms with Crippen molar-refractivity contribution in [3.63, 3.8) is 0 Å². The number of hydrogen-bond donors (Lipinski definition) is 1. The molecule has 3 nitrogen and oxygen atoms in total. The topological polar surface area (TPSA) is 43.8 Å². The molecule has 0 aliphatic heterocycles. The number of benzene rings is 1. The van der Waals surface area contributed by atoms with Crippen LogP contribution in [0.15, 0.2) is 18.2 Å². The summed E-state index contributed by atoms with van der Waals surface area (Å²) in [6.07, 6.45) is 3.86. The van der Waals surface area contributed by atoms with Gasteiger partial charge >= 0.3 is 0 Å². The Hall–Kier alpha value is -1.51. The Morgan fingerprint density at radius 1 is 1.35 bits per heavy atom. The third-order valence-electron chi connectivity index (χ3n) is 4.77. The molecule has 3 heteroatoms. The van der Waals surface area contributed by atoms with Crippen molar-refractivity contribution in [2.75, 3.05) is 5.73 Å². The maximum Gasteiger partial charge on any atom is 0.112 e. The summed E-state index contributed by atoms with van der Waals surface area (Å²) in [6, 6.07) is 6.68. The zero-order chi connectivity index (χ0) is 14.5. The highest BCUT2D eigenvalue weighted by Gasteiger charge is 2.37. The Labute approximate surface area is 121 Å². The molecule has 0 amide bonds. The minimum absolute atomic E-state index is 0.346. The molecule has 1 saturated carbocycles. The van der Waals surface area contributed by atoms with Crippen molar-refractivity contribution in [2.24, 2.45) is 5.41 Å². The van der Waals surface area contributed by atoms with Gasteiger partial charge in [0.2, 0.25) is 0 Å². The molecule has 1 aromatic carbocycles. The van der Waals surface area contributed by atoms with Crippen LogP contribution < -0.4 is 5.73 Å². The lowest BCUT2D eigenvalue weighted by molar-refractivity contribution is 0.259. The molecule has 1 unspecified atom stereocenters. The van der Waals surface area contributed by atoms with Gasteiger partial charge in [-0.25, -0.2) is 4.98 Å². The highest BCUT2D eigenvalue weighted by molar-refractivity contribution is 5.80. The number of nitrogens with zero attached hydrogens (tertiary/aromatic N) is 2. The lowest BCUT2D eigenvalue weighted by atomic mass is 9.87. The van der Waals surface area contributed by atoms with E-state index in [-0.39, 0.29) is 0 Å². The van der Waals surface area contributed by atoms with Crippen LogP contribution in [0.3, 0.4) is 0 Å². The number of hydrogen-bond acceptors (Lipinski definition) is 2. The van der Waals surface area contributed by atoms with Crippen LogP contribution in [0, 0.1) is 5.41 Å². The second-order valence-electron chi connectivity index (χ2n) is 7.14. The first-order valence-corrected chi connectivity index (χ1v) is 7.67. The maximum atomic E-state index is 5.92. The molecule has 1 aliphatic rings. The SMILES string of the molecule is CC(C)c1nc2cc(N)ccc2n1C1CCCC1(C)C. The molecule has 0 spiro atoms. The standard InChI is InChI=1S/C17H25N3/c1-11(2)16-19-13-10-12(18)7-8-14(13)20(16)15-6-5-9-17(15,3)4/h7-8,10-11,15H,5-6,9,18H2,1-4H3. The molecule has 2 N–H and O–H groups in total. The van der Waals surface area contributed by atoms with Crippen LogP contribution in [-0.4, -0.2) is 9.55 Å². The molecule has 20 heavy (non-hydrogen) atoms. The van der Waals surface area contributed by atoms with E-state index < -0.39 is 0 Å². The first kappa shape index (κ1) is 13.5. The van der Waals surface area contributed by atoms with E-state index >= 15 is 0 Å². The minimum Gasteiger partial charge on any atom is -0.399 e. The Morgan fingerprint density at radius 2 is 2.10 bits per heavy atom. The number of nitrogens with two attached hydrogens (primary N) is 1. The van der Waals surface area contributed by atoms with Crippen molar-refractivity contribution in [3.8, 4) is 0 Å². The van der Waals surface area contributed by atoms with Crippen molar-refractivity contribution in [1.82, 2.24) is 9.55 Å². The highest BCUT2D eigenvalue weighted by atomic mass is 15.1. The summed E-state index contributed by atoms with van der Waals surface area (Å²) in [5.41, 5.74) is 9.33. The number of imidazole rings is 1. The summed E-state index contributed by atoms with van der Waals surface area (Å²) in [5, 5.41) is 0. The molecular formula is C17H25N3. The van der Waals surface area contributed by atoms with Crippen molar-refractivity contribution in [1.29, 1.82) is 0 Å². The molecule has 1 aliphatic carbocycles. The smallest absolute Gasteiger partial charge is 0.112 e. The van der Waals surface area contributed by atoms with Crippen molar-refractivity contribution in [2.45, 2.75) is 58.9 Å². The van der Waals surface area contributed by atoms with Gasteiger partial charge in [-0.15, -0.1) is 0 Å². The van der Waals surface area contributed by atoms with Gasteiger partial charge in [-0.3, -0.25) is 0 Å². The molecule has 108 valence electrons. The van der Waals surface area contributed by atoms with Gasteiger partial charge in [0, 0.05) is 17.6 Å². The Balaban J connectivity index is 2.24. The second-order valence-corrected chi connectivity index (χ2v) is 7.14. The lowest BCUT2D eigenvalue weighted by Crippen LogP contribution is -2.23. The summed E-state index contributed by atoms with van der Waals surface area (Å²) in [4.78, 5) is 4.87. The first-order chi connectivity index (χ1) is 9.40. The molecule has 1 atom stereocenters. The van der Waals surface area contributed by atoms with Crippen LogP contribution in [0.25, 0.3) is 11.0 Å². The molecule has 1 heterocycles. The fourth-order valence-electron chi connectivity index (χ4n) is 3.66. The van der Waals surface area contributed by atoms with Crippen LogP contribution in [0.2, 0.25) is 0 Å². The summed E-state index contributed by atoms with van der Waals surface area (Å²) in [6.45, 7) is 9.22. The number of anilines is 1. The zero-order valence-electron chi connectivity index (χ0n) is 13.0. The van der Waals surface area contributed by atoms with Gasteiger partial charge in [0.25, 0.3) is 0 Å². The molecule has 0 bridgehead atoms. The van der Waals surface area contributed by atoms with Gasteiger partial charge in [-0.05, 0) is 36.5 Å². The van der Waals surface area contributed by atoms with Gasteiger partial charge in [0.1, 0.15) is 5.82 Å². The minimum atomic E-state index is 0.346. The number of fused-ring (bicyclic) bond motifs is 1. The van der Waals surface area contributed by atoms with Gasteiger partial charge in [-0.1, -0.05) is 34.1 Å². The van der Waals surface area contributed by atoms with E-state index in [0.717, 1.165) is 11.2 Å². The lowest BCUT2D eigenvalue weighted by Gasteiger charge is -2.30. The van der Waals surface area contributed by atoms with Gasteiger partial charge < -0.3 is 10.3 Å². The molecule has 2 aromatic rings. The average molecular weight is 271 g/mol. The third kappa shape index (κ3) is 2.00. The molecular weight excluding hydrogens is 246 g/mol. The summed E-state index contributed by atoms with van der Waals surface area (Å²) < 4.78 is 2.49. The Kier molecular flexibility index (Phi) is 3.03. The van der Waals surface area contributed by atoms with E-state index in [1.807, 2.05) is 12.1 Å². The van der Waals surface area contributed by atoms with Crippen molar-refractivity contribution >= 4 is 16.7 Å². The zero-order valence-corrected chi connectivity index (χ0v) is 13.0. The van der Waals surface area contributed by atoms with E-state index in [1.165, 1.54) is 30.6 Å². The van der Waals surface area contributed by atoms with Crippen LogP contribution in [-0.2, 0) is 0 Å². The fraction of sp³-hybridized carbons (Fsp3) is 0.588. The monoisotopic (exact) mass is 271 g/mol. The number of aromatic nitrogens is 2. The quantitative estimate of drug-likeness (QED) is 0.818. The van der Waals surface area contributed by atoms with Gasteiger partial charge in [0.15, 0.2) is 0 Å². The van der Waals surface area contributed by atoms with E-state index in [4.69, 9.17) is 10.7 Å². The van der Waals surface area contributed by atoms with E-state index in [9.17, 15) is 0 Å². The molecule has 1 aromatic heterocycles. The second kappa shape index (κ2) is 4.51. The third-order valence-corrected chi connectivity index (χ3v) is 4.77. The normalized spacial score (nSPS) is 21.9. The highest BCUT2D eigenvalue weighted by Crippen LogP contribution is 2.48. The van der Waals surface area contributed by atoms with E-state index in [0.29, 0.717) is 17.4 Å². The average Bonchev–Trinajstić information content (AvgIpc) is 2.88. The molecule has 1 fully saturated rings. The summed E-state index contributed by atoms with van der Waals surface area (Å²) in [5.74, 6) is 1.63. The van der Waals surface area contributed by atoms with Gasteiger partial charge in [-0.2, -0.15) is 0 Å². The van der Waals surface area contributed by atoms with Crippen LogP contribution in [0.1, 0.15) is 64.7 Å². The largest absolute Gasteiger partial charge is 0.399 e. The first-order valence-electron chi connectivity index (χ1n) is 7.67. The van der Waals surface area contributed by atoms with E-state index in [2.05, 4.69) is 38.3 Å². The van der Waals surface area contributed by atoms with Crippen LogP contribution in [0.4, 0.5) is 5.69 Å². The Morgan fingerprint density at radius 3 is 2.70 bits per heavy atom. The van der Waals surface area contributed by atoms with Gasteiger partial charge in [0.05, 0.1) is 11.0 Å². The molecule has 0 saturated heterocycles. The number of nitrogen functional groups attached to an aromatic ring is 1. The molecule has 0 radical (unpaired) electrons. The Bertz CT molecular complexity index is 637. The van der Waals surface area contributed by atoms with E-state index in [1.54, 1.807) is 0 Å². The fourth-order valence-corrected chi connectivity index (χ4v) is 3.66. The number of rotatable bonds is 2. The van der Waals surface area contributed by atoms with Crippen molar-refractivity contribution < 1.29 is 0 Å². The van der Waals surface area contributed by atoms with Crippen LogP contribution >= 0.6 is 0 Å². The predicted molar refractivity (Wildman–Crippen MR) is 84.9 cm³/mol. The maximum absolute atomic E-state index is 5.92. The molecule has 3 rings (SSSR count). The van der Waals surface area contributed by atoms with Crippen LogP contribution in [0.5, 0.6) is 0 Å². The summed E-state index contributed by atoms with van der Waals surface area (Å²) >= 11 is 0.